The van der Waals surface area contributed by atoms with Gasteiger partial charge in [0.05, 0.1) is 25.9 Å². The van der Waals surface area contributed by atoms with Crippen molar-refractivity contribution in [1.29, 1.82) is 5.26 Å². The van der Waals surface area contributed by atoms with Gasteiger partial charge >= 0.3 is 0 Å². The van der Waals surface area contributed by atoms with E-state index in [4.69, 9.17) is 19.5 Å². The summed E-state index contributed by atoms with van der Waals surface area (Å²) in [5.41, 5.74) is -0.615. The van der Waals surface area contributed by atoms with E-state index in [1.165, 1.54) is 0 Å². The summed E-state index contributed by atoms with van der Waals surface area (Å²) in [5.74, 6) is 0. The van der Waals surface area contributed by atoms with E-state index in [9.17, 15) is 0 Å². The van der Waals surface area contributed by atoms with E-state index in [2.05, 4.69) is 11.4 Å². The predicted molar refractivity (Wildman–Crippen MR) is 61.2 cm³/mol. The maximum atomic E-state index is 8.85. The average Bonchev–Trinajstić information content (AvgIpc) is 2.32. The average molecular weight is 230 g/mol. The lowest BCUT2D eigenvalue weighted by Crippen LogP contribution is -2.43. The maximum Gasteiger partial charge on any atom is 0.127 e. The van der Waals surface area contributed by atoms with Gasteiger partial charge in [0.25, 0.3) is 0 Å². The summed E-state index contributed by atoms with van der Waals surface area (Å²) in [6, 6.07) is 2.15. The Morgan fingerprint density at radius 1 is 1.19 bits per heavy atom. The van der Waals surface area contributed by atoms with Gasteiger partial charge in [0.2, 0.25) is 0 Å². The first-order valence-corrected chi connectivity index (χ1v) is 5.43. The molecule has 1 unspecified atom stereocenters. The maximum absolute atomic E-state index is 8.85. The highest BCUT2D eigenvalue weighted by atomic mass is 16.5. The largest absolute Gasteiger partial charge is 0.385 e. The van der Waals surface area contributed by atoms with Gasteiger partial charge in [-0.1, -0.05) is 0 Å². The zero-order valence-corrected chi connectivity index (χ0v) is 10.4. The quantitative estimate of drug-likeness (QED) is 0.555. The van der Waals surface area contributed by atoms with Gasteiger partial charge in [-0.05, 0) is 20.4 Å². The topological polar surface area (TPSA) is 63.5 Å². The third-order valence-electron chi connectivity index (χ3n) is 2.20. The minimum absolute atomic E-state index is 0.363. The summed E-state index contributed by atoms with van der Waals surface area (Å²) >= 11 is 0. The molecule has 94 valence electrons. The smallest absolute Gasteiger partial charge is 0.127 e. The fraction of sp³-hybridized carbons (Fsp3) is 0.909. The van der Waals surface area contributed by atoms with Crippen LogP contribution >= 0.6 is 0 Å². The van der Waals surface area contributed by atoms with E-state index in [0.29, 0.717) is 33.0 Å². The van der Waals surface area contributed by atoms with Crippen LogP contribution in [0.3, 0.4) is 0 Å². The molecule has 0 aromatic carbocycles. The minimum atomic E-state index is -0.615. The molecule has 1 N–H and O–H groups in total. The molecule has 0 heterocycles. The zero-order chi connectivity index (χ0) is 12.3. The van der Waals surface area contributed by atoms with Gasteiger partial charge < -0.3 is 19.5 Å². The number of nitrogens with one attached hydrogen (secondary N) is 1. The molecule has 0 aliphatic rings. The van der Waals surface area contributed by atoms with Crippen LogP contribution in [-0.4, -0.2) is 52.7 Å². The molecule has 0 radical (unpaired) electrons. The molecule has 0 rings (SSSR count). The number of likely N-dealkylation sites (N-methyl/N-ethyl adjacent to an activating group) is 1. The molecule has 0 aromatic rings. The molecule has 0 bridgehead atoms. The molecule has 0 aromatic heterocycles. The van der Waals surface area contributed by atoms with Crippen LogP contribution in [0.5, 0.6) is 0 Å². The van der Waals surface area contributed by atoms with Gasteiger partial charge in [0.1, 0.15) is 5.54 Å². The Bertz CT molecular complexity index is 206. The van der Waals surface area contributed by atoms with Gasteiger partial charge in [-0.2, -0.15) is 5.26 Å². The predicted octanol–water partition coefficient (Wildman–Crippen LogP) is 0.558. The van der Waals surface area contributed by atoms with Crippen molar-refractivity contribution < 1.29 is 14.2 Å². The Labute approximate surface area is 97.7 Å². The second kappa shape index (κ2) is 9.55. The van der Waals surface area contributed by atoms with Crippen molar-refractivity contribution in [2.45, 2.75) is 18.9 Å². The molecule has 0 fully saturated rings. The summed E-state index contributed by atoms with van der Waals surface area (Å²) in [6.45, 7) is 4.61. The van der Waals surface area contributed by atoms with Crippen molar-refractivity contribution in [3.8, 4) is 6.07 Å². The second-order valence-corrected chi connectivity index (χ2v) is 3.71. The van der Waals surface area contributed by atoms with Crippen LogP contribution in [0.2, 0.25) is 0 Å². The normalized spacial score (nSPS) is 14.4. The van der Waals surface area contributed by atoms with Crippen LogP contribution in [0.25, 0.3) is 0 Å². The molecule has 0 aliphatic carbocycles. The number of nitriles is 1. The molecular weight excluding hydrogens is 208 g/mol. The van der Waals surface area contributed by atoms with Crippen LogP contribution in [0.15, 0.2) is 0 Å². The highest BCUT2D eigenvalue weighted by Crippen LogP contribution is 2.00. The summed E-state index contributed by atoms with van der Waals surface area (Å²) in [7, 11) is 3.41. The molecule has 0 spiro atoms. The number of methoxy groups -OCH3 is 1. The first-order chi connectivity index (χ1) is 7.68. The fourth-order valence-electron chi connectivity index (χ4n) is 0.962. The number of hydrogen-bond acceptors (Lipinski definition) is 5. The third kappa shape index (κ3) is 7.60. The first-order valence-electron chi connectivity index (χ1n) is 5.43. The summed E-state index contributed by atoms with van der Waals surface area (Å²) < 4.78 is 15.5. The summed E-state index contributed by atoms with van der Waals surface area (Å²) in [5, 5.41) is 11.8. The fourth-order valence-corrected chi connectivity index (χ4v) is 0.962. The molecule has 0 aliphatic heterocycles. The molecule has 0 saturated heterocycles. The van der Waals surface area contributed by atoms with Gasteiger partial charge in [-0.15, -0.1) is 0 Å². The molecule has 5 heteroatoms. The lowest BCUT2D eigenvalue weighted by Gasteiger charge is -2.20. The van der Waals surface area contributed by atoms with Crippen molar-refractivity contribution >= 4 is 0 Å². The molecule has 5 nitrogen and oxygen atoms in total. The first kappa shape index (κ1) is 15.3. The van der Waals surface area contributed by atoms with Gasteiger partial charge in [-0.3, -0.25) is 0 Å². The minimum Gasteiger partial charge on any atom is -0.385 e. The zero-order valence-electron chi connectivity index (χ0n) is 10.4. The molecular formula is C11H22N2O3. The number of rotatable bonds is 10. The van der Waals surface area contributed by atoms with Gasteiger partial charge in [-0.25, -0.2) is 0 Å². The van der Waals surface area contributed by atoms with Crippen LogP contribution in [0, 0.1) is 11.3 Å². The van der Waals surface area contributed by atoms with Crippen LogP contribution in [0.1, 0.15) is 13.3 Å². The van der Waals surface area contributed by atoms with Crippen LogP contribution < -0.4 is 5.32 Å². The van der Waals surface area contributed by atoms with E-state index < -0.39 is 5.54 Å². The lowest BCUT2D eigenvalue weighted by molar-refractivity contribution is 0.0275. The Kier molecular flexibility index (Phi) is 9.15. The van der Waals surface area contributed by atoms with E-state index >= 15 is 0 Å². The number of ether oxygens (including phenoxy) is 3. The van der Waals surface area contributed by atoms with Crippen molar-refractivity contribution in [3.63, 3.8) is 0 Å². The highest BCUT2D eigenvalue weighted by molar-refractivity contribution is 5.02. The van der Waals surface area contributed by atoms with Gasteiger partial charge in [0.15, 0.2) is 0 Å². The molecule has 16 heavy (non-hydrogen) atoms. The van der Waals surface area contributed by atoms with Crippen LogP contribution in [-0.2, 0) is 14.2 Å². The van der Waals surface area contributed by atoms with E-state index in [1.807, 2.05) is 0 Å². The number of nitrogens with zero attached hydrogens (tertiary/aromatic N) is 1. The van der Waals surface area contributed by atoms with E-state index in [0.717, 1.165) is 6.42 Å². The van der Waals surface area contributed by atoms with Crippen molar-refractivity contribution in [1.82, 2.24) is 5.32 Å². The Morgan fingerprint density at radius 2 is 1.88 bits per heavy atom. The Morgan fingerprint density at radius 3 is 2.44 bits per heavy atom. The monoisotopic (exact) mass is 230 g/mol. The number of hydrogen-bond donors (Lipinski definition) is 1. The summed E-state index contributed by atoms with van der Waals surface area (Å²) in [6.07, 6.45) is 0.892. The van der Waals surface area contributed by atoms with E-state index in [-0.39, 0.29) is 0 Å². The van der Waals surface area contributed by atoms with Crippen molar-refractivity contribution in [2.75, 3.05) is 47.2 Å². The third-order valence-corrected chi connectivity index (χ3v) is 2.20. The van der Waals surface area contributed by atoms with Crippen molar-refractivity contribution in [2.24, 2.45) is 0 Å². The standard InChI is InChI=1S/C11H22N2O3/c1-11(9-12,13-2)10-16-8-7-15-6-4-5-14-3/h13H,4-8,10H2,1-3H3. The Balaban J connectivity index is 3.30. The highest BCUT2D eigenvalue weighted by Gasteiger charge is 2.20. The SMILES string of the molecule is CNC(C)(C#N)COCCOCCCOC. The van der Waals surface area contributed by atoms with Crippen molar-refractivity contribution in [3.05, 3.63) is 0 Å². The second-order valence-electron chi connectivity index (χ2n) is 3.71. The molecule has 0 saturated carbocycles. The molecule has 0 amide bonds. The lowest BCUT2D eigenvalue weighted by atomic mass is 10.1. The molecule has 1 atom stereocenters. The van der Waals surface area contributed by atoms with E-state index in [1.54, 1.807) is 21.1 Å². The summed E-state index contributed by atoms with van der Waals surface area (Å²) in [4.78, 5) is 0. The van der Waals surface area contributed by atoms with Crippen LogP contribution in [0.4, 0.5) is 0 Å². The Hall–Kier alpha value is -0.670. The van der Waals surface area contributed by atoms with Gasteiger partial charge in [0, 0.05) is 20.3 Å².